The molecular formula is C13H14N4O. The zero-order chi connectivity index (χ0) is 13.1. The third-order valence-electron chi connectivity index (χ3n) is 2.57. The zero-order valence-electron chi connectivity index (χ0n) is 10.3. The molecule has 0 fully saturated rings. The van der Waals surface area contributed by atoms with E-state index in [1.165, 1.54) is 6.20 Å². The molecule has 0 unspecified atom stereocenters. The van der Waals surface area contributed by atoms with Crippen LogP contribution in [0.4, 0.5) is 11.4 Å². The molecule has 0 aromatic carbocycles. The topological polar surface area (TPSA) is 80.9 Å². The van der Waals surface area contributed by atoms with Crippen molar-refractivity contribution in [2.45, 2.75) is 13.8 Å². The van der Waals surface area contributed by atoms with E-state index in [2.05, 4.69) is 15.3 Å². The lowest BCUT2D eigenvalue weighted by molar-refractivity contribution is 0.102. The molecule has 2 aromatic rings. The van der Waals surface area contributed by atoms with Gasteiger partial charge in [-0.05, 0) is 32.0 Å². The van der Waals surface area contributed by atoms with Crippen molar-refractivity contribution in [3.05, 3.63) is 47.5 Å². The Labute approximate surface area is 105 Å². The van der Waals surface area contributed by atoms with Gasteiger partial charge in [0.15, 0.2) is 0 Å². The Balaban J connectivity index is 2.25. The van der Waals surface area contributed by atoms with Crippen molar-refractivity contribution in [2.24, 2.45) is 0 Å². The normalized spacial score (nSPS) is 10.1. The number of hydrogen-bond acceptors (Lipinski definition) is 4. The molecule has 2 aromatic heterocycles. The van der Waals surface area contributed by atoms with Gasteiger partial charge >= 0.3 is 0 Å². The average Bonchev–Trinajstić information content (AvgIpc) is 2.32. The summed E-state index contributed by atoms with van der Waals surface area (Å²) in [5, 5.41) is 2.74. The Hall–Kier alpha value is -2.43. The van der Waals surface area contributed by atoms with Crippen LogP contribution in [0.2, 0.25) is 0 Å². The van der Waals surface area contributed by atoms with E-state index in [0.29, 0.717) is 22.6 Å². The highest BCUT2D eigenvalue weighted by Crippen LogP contribution is 2.17. The second kappa shape index (κ2) is 4.83. The number of nitrogens with zero attached hydrogens (tertiary/aromatic N) is 2. The fourth-order valence-corrected chi connectivity index (χ4v) is 1.64. The highest BCUT2D eigenvalue weighted by atomic mass is 16.1. The zero-order valence-corrected chi connectivity index (χ0v) is 10.3. The summed E-state index contributed by atoms with van der Waals surface area (Å²) >= 11 is 0. The van der Waals surface area contributed by atoms with Crippen molar-refractivity contribution < 1.29 is 4.79 Å². The predicted octanol–water partition coefficient (Wildman–Crippen LogP) is 1.93. The number of nitrogens with one attached hydrogen (secondary N) is 1. The van der Waals surface area contributed by atoms with Gasteiger partial charge < -0.3 is 11.1 Å². The number of aromatic nitrogens is 2. The van der Waals surface area contributed by atoms with Crippen molar-refractivity contribution in [2.75, 3.05) is 11.1 Å². The van der Waals surface area contributed by atoms with Crippen molar-refractivity contribution in [1.29, 1.82) is 0 Å². The number of anilines is 2. The number of carbonyl (C=O) groups excluding carboxylic acids is 1. The molecule has 0 aliphatic carbocycles. The first-order chi connectivity index (χ1) is 8.58. The number of hydrogen-bond donors (Lipinski definition) is 2. The summed E-state index contributed by atoms with van der Waals surface area (Å²) in [4.78, 5) is 20.2. The van der Waals surface area contributed by atoms with E-state index in [1.54, 1.807) is 31.3 Å². The average molecular weight is 242 g/mol. The van der Waals surface area contributed by atoms with Crippen LogP contribution in [-0.4, -0.2) is 15.9 Å². The first-order valence-corrected chi connectivity index (χ1v) is 5.53. The van der Waals surface area contributed by atoms with Crippen LogP contribution in [-0.2, 0) is 0 Å². The van der Waals surface area contributed by atoms with Gasteiger partial charge in [-0.2, -0.15) is 0 Å². The quantitative estimate of drug-likeness (QED) is 0.843. The number of rotatable bonds is 2. The van der Waals surface area contributed by atoms with E-state index in [4.69, 9.17) is 5.73 Å². The number of nitrogen functional groups attached to an aromatic ring is 1. The van der Waals surface area contributed by atoms with Gasteiger partial charge in [0.1, 0.15) is 0 Å². The molecule has 3 N–H and O–H groups in total. The molecule has 0 saturated heterocycles. The maximum absolute atomic E-state index is 12.1. The molecule has 0 saturated carbocycles. The number of amides is 1. The fraction of sp³-hybridized carbons (Fsp3) is 0.154. The lowest BCUT2D eigenvalue weighted by Gasteiger charge is -2.09. The summed E-state index contributed by atoms with van der Waals surface area (Å²) in [5.41, 5.74) is 8.82. The third kappa shape index (κ3) is 2.45. The van der Waals surface area contributed by atoms with Crippen LogP contribution in [0.15, 0.2) is 30.6 Å². The summed E-state index contributed by atoms with van der Waals surface area (Å²) in [5.74, 6) is -0.224. The highest BCUT2D eigenvalue weighted by Gasteiger charge is 2.11. The van der Waals surface area contributed by atoms with Crippen molar-refractivity contribution >= 4 is 17.3 Å². The van der Waals surface area contributed by atoms with Crippen LogP contribution >= 0.6 is 0 Å². The molecule has 18 heavy (non-hydrogen) atoms. The summed E-state index contributed by atoms with van der Waals surface area (Å²) in [6.45, 7) is 3.69. The Morgan fingerprint density at radius 2 is 2.06 bits per heavy atom. The van der Waals surface area contributed by atoms with Crippen molar-refractivity contribution in [3.63, 3.8) is 0 Å². The molecule has 0 aliphatic rings. The first-order valence-electron chi connectivity index (χ1n) is 5.53. The number of nitrogens with two attached hydrogens (primary N) is 1. The minimum Gasteiger partial charge on any atom is -0.396 e. The highest BCUT2D eigenvalue weighted by molar-refractivity contribution is 6.06. The first kappa shape index (κ1) is 12.0. The lowest BCUT2D eigenvalue weighted by Crippen LogP contribution is -2.15. The smallest absolute Gasteiger partial charge is 0.257 e. The molecule has 92 valence electrons. The largest absolute Gasteiger partial charge is 0.396 e. The standard InChI is InChI=1S/C13H14N4O/c1-8-3-4-10(9(2)16-8)13(18)17-12-5-6-15-7-11(12)14/h3-7H,14H2,1-2H3,(H,15,17,18). The van der Waals surface area contributed by atoms with E-state index < -0.39 is 0 Å². The van der Waals surface area contributed by atoms with Crippen molar-refractivity contribution in [3.8, 4) is 0 Å². The second-order valence-corrected chi connectivity index (χ2v) is 4.00. The van der Waals surface area contributed by atoms with Gasteiger partial charge in [-0.15, -0.1) is 0 Å². The molecule has 2 heterocycles. The Morgan fingerprint density at radius 1 is 1.28 bits per heavy atom. The molecule has 0 spiro atoms. The Morgan fingerprint density at radius 3 is 2.72 bits per heavy atom. The summed E-state index contributed by atoms with van der Waals surface area (Å²) in [6.07, 6.45) is 3.07. The number of carbonyl (C=O) groups is 1. The lowest BCUT2D eigenvalue weighted by atomic mass is 10.1. The second-order valence-electron chi connectivity index (χ2n) is 4.00. The molecule has 5 nitrogen and oxygen atoms in total. The van der Waals surface area contributed by atoms with E-state index in [9.17, 15) is 4.79 Å². The molecule has 0 aliphatic heterocycles. The summed E-state index contributed by atoms with van der Waals surface area (Å²) in [7, 11) is 0. The van der Waals surface area contributed by atoms with Gasteiger partial charge in [0.05, 0.1) is 28.8 Å². The van der Waals surface area contributed by atoms with Gasteiger partial charge in [0, 0.05) is 11.9 Å². The molecule has 5 heteroatoms. The molecular weight excluding hydrogens is 228 g/mol. The maximum atomic E-state index is 12.1. The third-order valence-corrected chi connectivity index (χ3v) is 2.57. The van der Waals surface area contributed by atoms with Gasteiger partial charge in [-0.1, -0.05) is 0 Å². The minimum atomic E-state index is -0.224. The van der Waals surface area contributed by atoms with Crippen molar-refractivity contribution in [1.82, 2.24) is 9.97 Å². The molecule has 2 rings (SSSR count). The van der Waals surface area contributed by atoms with Crippen LogP contribution in [0.5, 0.6) is 0 Å². The number of pyridine rings is 2. The molecule has 0 bridgehead atoms. The Bertz CT molecular complexity index is 595. The van der Waals surface area contributed by atoms with E-state index >= 15 is 0 Å². The molecule has 0 radical (unpaired) electrons. The van der Waals surface area contributed by atoms with E-state index in [1.807, 2.05) is 6.92 Å². The van der Waals surface area contributed by atoms with Gasteiger partial charge in [0.25, 0.3) is 5.91 Å². The van der Waals surface area contributed by atoms with Crippen LogP contribution in [0.1, 0.15) is 21.7 Å². The van der Waals surface area contributed by atoms with Crippen LogP contribution in [0.25, 0.3) is 0 Å². The molecule has 1 amide bonds. The van der Waals surface area contributed by atoms with Gasteiger partial charge in [-0.25, -0.2) is 0 Å². The molecule has 0 atom stereocenters. The maximum Gasteiger partial charge on any atom is 0.257 e. The van der Waals surface area contributed by atoms with Crippen LogP contribution < -0.4 is 11.1 Å². The SMILES string of the molecule is Cc1ccc(C(=O)Nc2ccncc2N)c(C)n1. The summed E-state index contributed by atoms with van der Waals surface area (Å²) < 4.78 is 0. The van der Waals surface area contributed by atoms with Crippen LogP contribution in [0.3, 0.4) is 0 Å². The monoisotopic (exact) mass is 242 g/mol. The summed E-state index contributed by atoms with van der Waals surface area (Å²) in [6, 6.07) is 5.21. The predicted molar refractivity (Wildman–Crippen MR) is 70.3 cm³/mol. The fourth-order valence-electron chi connectivity index (χ4n) is 1.64. The van der Waals surface area contributed by atoms with Crippen LogP contribution in [0, 0.1) is 13.8 Å². The van der Waals surface area contributed by atoms with Gasteiger partial charge in [-0.3, -0.25) is 14.8 Å². The van der Waals surface area contributed by atoms with Gasteiger partial charge in [0.2, 0.25) is 0 Å². The minimum absolute atomic E-state index is 0.224. The Kier molecular flexibility index (Phi) is 3.23. The van der Waals surface area contributed by atoms with E-state index in [-0.39, 0.29) is 5.91 Å². The van der Waals surface area contributed by atoms with E-state index in [0.717, 1.165) is 5.69 Å². The number of aryl methyl sites for hydroxylation is 2.